The second-order valence-electron chi connectivity index (χ2n) is 5.15. The van der Waals surface area contributed by atoms with Gasteiger partial charge >= 0.3 is 10.1 Å². The van der Waals surface area contributed by atoms with Crippen molar-refractivity contribution in [1.82, 2.24) is 5.43 Å². The minimum atomic E-state index is -3.79. The number of nitrogens with zero attached hydrogens (tertiary/aromatic N) is 1. The lowest BCUT2D eigenvalue weighted by Gasteiger charge is -2.07. The van der Waals surface area contributed by atoms with E-state index < -0.39 is 16.0 Å². The lowest BCUT2D eigenvalue weighted by Crippen LogP contribution is -2.19. The van der Waals surface area contributed by atoms with Gasteiger partial charge in [-0.15, -0.1) is 0 Å². The highest BCUT2D eigenvalue weighted by Gasteiger charge is 2.10. The molecule has 8 nitrogen and oxygen atoms in total. The van der Waals surface area contributed by atoms with Crippen LogP contribution in [-0.2, 0) is 21.3 Å². The van der Waals surface area contributed by atoms with Crippen LogP contribution in [0.5, 0.6) is 17.2 Å². The average Bonchev–Trinajstić information content (AvgIpc) is 2.48. The summed E-state index contributed by atoms with van der Waals surface area (Å²) in [5, 5.41) is 22.5. The lowest BCUT2D eigenvalue weighted by molar-refractivity contribution is -0.120. The van der Waals surface area contributed by atoms with Crippen LogP contribution in [0.2, 0.25) is 0 Å². The molecule has 0 aliphatic carbocycles. The molecule has 25 heavy (non-hydrogen) atoms. The third-order valence-corrected chi connectivity index (χ3v) is 3.39. The van der Waals surface area contributed by atoms with E-state index in [0.717, 1.165) is 12.3 Å². The number of aromatic hydroxyl groups is 2. The Balaban J connectivity index is 2.05. The molecule has 2 aromatic rings. The number of carbonyl (C=O) groups excluding carboxylic acids is 1. The molecular weight excluding hydrogens is 348 g/mol. The van der Waals surface area contributed by atoms with Crippen LogP contribution < -0.4 is 9.61 Å². The summed E-state index contributed by atoms with van der Waals surface area (Å²) in [5.41, 5.74) is 3.15. The van der Waals surface area contributed by atoms with Crippen LogP contribution in [0, 0.1) is 0 Å². The topological polar surface area (TPSA) is 125 Å². The molecule has 2 rings (SSSR count). The zero-order valence-electron chi connectivity index (χ0n) is 13.2. The van der Waals surface area contributed by atoms with Crippen molar-refractivity contribution >= 4 is 22.2 Å². The number of rotatable bonds is 6. The number of nitrogens with one attached hydrogen (secondary N) is 1. The summed E-state index contributed by atoms with van der Waals surface area (Å²) < 4.78 is 27.2. The van der Waals surface area contributed by atoms with Crippen molar-refractivity contribution in [2.45, 2.75) is 6.42 Å². The van der Waals surface area contributed by atoms with Crippen LogP contribution in [0.15, 0.2) is 47.6 Å². The summed E-state index contributed by atoms with van der Waals surface area (Å²) in [6.07, 6.45) is 2.07. The predicted molar refractivity (Wildman–Crippen MR) is 91.1 cm³/mol. The van der Waals surface area contributed by atoms with E-state index in [1.807, 2.05) is 0 Å². The molecule has 0 saturated carbocycles. The number of hydrogen-bond acceptors (Lipinski definition) is 7. The Kier molecular flexibility index (Phi) is 5.60. The molecule has 9 heteroatoms. The SMILES string of the molecule is CS(=O)(=O)Oc1cc(O)ccc1C=NNC(=O)Cc1cccc(O)c1. The number of benzene rings is 2. The fourth-order valence-electron chi connectivity index (χ4n) is 1.93. The molecule has 0 heterocycles. The standard InChI is InChI=1S/C16H16N2O6S/c1-25(22,23)24-15-9-14(20)6-5-12(15)10-17-18-16(21)8-11-3-2-4-13(19)7-11/h2-7,9-10,19-20H,8H2,1H3,(H,18,21). The number of hydrazone groups is 1. The van der Waals surface area contributed by atoms with E-state index in [0.29, 0.717) is 5.56 Å². The van der Waals surface area contributed by atoms with Gasteiger partial charge in [0.25, 0.3) is 0 Å². The molecule has 0 aromatic heterocycles. The third kappa shape index (κ3) is 6.15. The van der Waals surface area contributed by atoms with Gasteiger partial charge in [-0.25, -0.2) is 5.43 Å². The van der Waals surface area contributed by atoms with Crippen molar-refractivity contribution in [3.05, 3.63) is 53.6 Å². The number of amides is 1. The summed E-state index contributed by atoms with van der Waals surface area (Å²) in [4.78, 5) is 11.8. The highest BCUT2D eigenvalue weighted by Crippen LogP contribution is 2.23. The molecule has 0 radical (unpaired) electrons. The zero-order chi connectivity index (χ0) is 18.4. The Morgan fingerprint density at radius 3 is 2.60 bits per heavy atom. The van der Waals surface area contributed by atoms with Gasteiger partial charge in [0.15, 0.2) is 5.75 Å². The number of hydrogen-bond donors (Lipinski definition) is 3. The maximum absolute atomic E-state index is 11.8. The molecule has 1 amide bonds. The van der Waals surface area contributed by atoms with E-state index in [4.69, 9.17) is 4.18 Å². The molecule has 3 N–H and O–H groups in total. The predicted octanol–water partition coefficient (Wildman–Crippen LogP) is 1.13. The van der Waals surface area contributed by atoms with E-state index >= 15 is 0 Å². The number of phenolic OH excluding ortho intramolecular Hbond substituents is 2. The van der Waals surface area contributed by atoms with Gasteiger partial charge in [0.1, 0.15) is 11.5 Å². The van der Waals surface area contributed by atoms with Gasteiger partial charge < -0.3 is 14.4 Å². The highest BCUT2D eigenvalue weighted by atomic mass is 32.2. The van der Waals surface area contributed by atoms with Crippen LogP contribution in [0.1, 0.15) is 11.1 Å². The largest absolute Gasteiger partial charge is 0.508 e. The lowest BCUT2D eigenvalue weighted by atomic mass is 10.1. The van der Waals surface area contributed by atoms with Crippen LogP contribution in [0.25, 0.3) is 0 Å². The van der Waals surface area contributed by atoms with Crippen LogP contribution in [0.3, 0.4) is 0 Å². The Morgan fingerprint density at radius 1 is 1.20 bits per heavy atom. The van der Waals surface area contributed by atoms with Crippen molar-refractivity contribution < 1.29 is 27.6 Å². The molecule has 0 spiro atoms. The minimum absolute atomic E-state index is 0.00795. The van der Waals surface area contributed by atoms with Crippen molar-refractivity contribution in [2.75, 3.05) is 6.26 Å². The van der Waals surface area contributed by atoms with Crippen molar-refractivity contribution in [3.63, 3.8) is 0 Å². The molecule has 0 bridgehead atoms. The van der Waals surface area contributed by atoms with Gasteiger partial charge in [-0.3, -0.25) is 4.79 Å². The molecule has 0 unspecified atom stereocenters. The Morgan fingerprint density at radius 2 is 1.92 bits per heavy atom. The van der Waals surface area contributed by atoms with E-state index in [9.17, 15) is 23.4 Å². The third-order valence-electron chi connectivity index (χ3n) is 2.91. The van der Waals surface area contributed by atoms with Crippen molar-refractivity contribution in [1.29, 1.82) is 0 Å². The molecule has 0 saturated heterocycles. The second kappa shape index (κ2) is 7.67. The number of phenols is 2. The van der Waals surface area contributed by atoms with Gasteiger partial charge in [0.2, 0.25) is 5.91 Å². The summed E-state index contributed by atoms with van der Waals surface area (Å²) in [6, 6.07) is 10.1. The van der Waals surface area contributed by atoms with Crippen LogP contribution in [-0.4, -0.2) is 37.0 Å². The quantitative estimate of drug-likeness (QED) is 0.401. The molecule has 0 fully saturated rings. The van der Waals surface area contributed by atoms with Gasteiger partial charge in [-0.1, -0.05) is 12.1 Å². The first-order valence-corrected chi connectivity index (χ1v) is 8.87. The monoisotopic (exact) mass is 364 g/mol. The minimum Gasteiger partial charge on any atom is -0.508 e. The van der Waals surface area contributed by atoms with Gasteiger partial charge in [0.05, 0.1) is 18.9 Å². The van der Waals surface area contributed by atoms with Gasteiger partial charge in [0, 0.05) is 11.6 Å². The van der Waals surface area contributed by atoms with E-state index in [1.165, 1.54) is 30.5 Å². The smallest absolute Gasteiger partial charge is 0.306 e. The molecule has 0 aliphatic rings. The fourth-order valence-corrected chi connectivity index (χ4v) is 2.40. The van der Waals surface area contributed by atoms with Gasteiger partial charge in [-0.05, 0) is 29.8 Å². The van der Waals surface area contributed by atoms with E-state index in [1.54, 1.807) is 12.1 Å². The zero-order valence-corrected chi connectivity index (χ0v) is 14.0. The summed E-state index contributed by atoms with van der Waals surface area (Å²) in [6.45, 7) is 0. The Bertz CT molecular complexity index is 909. The normalized spacial score (nSPS) is 11.4. The summed E-state index contributed by atoms with van der Waals surface area (Å²) >= 11 is 0. The molecule has 132 valence electrons. The summed E-state index contributed by atoms with van der Waals surface area (Å²) in [5.74, 6) is -0.663. The van der Waals surface area contributed by atoms with Gasteiger partial charge in [-0.2, -0.15) is 13.5 Å². The first kappa shape index (κ1) is 18.3. The molecular formula is C16H16N2O6S. The highest BCUT2D eigenvalue weighted by molar-refractivity contribution is 7.86. The molecule has 0 atom stereocenters. The van der Waals surface area contributed by atoms with Crippen molar-refractivity contribution in [2.24, 2.45) is 5.10 Å². The Hall–Kier alpha value is -3.07. The maximum Gasteiger partial charge on any atom is 0.306 e. The first-order chi connectivity index (χ1) is 11.7. The number of carbonyl (C=O) groups is 1. The van der Waals surface area contributed by atoms with E-state index in [2.05, 4.69) is 10.5 Å². The average molecular weight is 364 g/mol. The van der Waals surface area contributed by atoms with Crippen LogP contribution in [0.4, 0.5) is 0 Å². The summed E-state index contributed by atoms with van der Waals surface area (Å²) in [7, 11) is -3.79. The maximum atomic E-state index is 11.8. The second-order valence-corrected chi connectivity index (χ2v) is 6.72. The van der Waals surface area contributed by atoms with Crippen LogP contribution >= 0.6 is 0 Å². The first-order valence-electron chi connectivity index (χ1n) is 7.05. The fraction of sp³-hybridized carbons (Fsp3) is 0.125. The van der Waals surface area contributed by atoms with Crippen molar-refractivity contribution in [3.8, 4) is 17.2 Å². The molecule has 0 aliphatic heterocycles. The Labute approximate surface area is 144 Å². The molecule has 2 aromatic carbocycles. The van der Waals surface area contributed by atoms with E-state index in [-0.39, 0.29) is 29.2 Å².